The summed E-state index contributed by atoms with van der Waals surface area (Å²) in [6, 6.07) is 13.7. The van der Waals surface area contributed by atoms with Crippen LogP contribution >= 0.6 is 23.4 Å². The van der Waals surface area contributed by atoms with E-state index in [0.29, 0.717) is 12.0 Å². The Morgan fingerprint density at radius 1 is 1.21 bits per heavy atom. The molecule has 5 rings (SSSR count). The molecule has 1 N–H and O–H groups in total. The minimum Gasteiger partial charge on any atom is -0.367 e. The fourth-order valence-electron chi connectivity index (χ4n) is 4.58. The molecular formula is C20H21ClN2S. The van der Waals surface area contributed by atoms with E-state index in [1.807, 2.05) is 23.9 Å². The Kier molecular flexibility index (Phi) is 3.77. The number of piperidine rings is 1. The monoisotopic (exact) mass is 356 g/mol. The van der Waals surface area contributed by atoms with E-state index < -0.39 is 0 Å². The predicted octanol–water partition coefficient (Wildman–Crippen LogP) is 4.77. The Morgan fingerprint density at radius 2 is 2.12 bits per heavy atom. The molecule has 2 aromatic rings. The zero-order valence-electron chi connectivity index (χ0n) is 13.6. The van der Waals surface area contributed by atoms with Crippen molar-refractivity contribution in [1.29, 1.82) is 0 Å². The summed E-state index contributed by atoms with van der Waals surface area (Å²) in [5, 5.41) is 4.45. The van der Waals surface area contributed by atoms with Crippen LogP contribution in [0.25, 0.3) is 11.1 Å². The van der Waals surface area contributed by atoms with Crippen molar-refractivity contribution in [1.82, 2.24) is 5.32 Å². The van der Waals surface area contributed by atoms with Crippen molar-refractivity contribution < 1.29 is 0 Å². The molecule has 0 aromatic heterocycles. The Balaban J connectivity index is 1.70. The molecule has 2 aromatic carbocycles. The Labute approximate surface area is 152 Å². The molecule has 2 unspecified atom stereocenters. The number of thioether (sulfide) groups is 1. The van der Waals surface area contributed by atoms with E-state index in [1.54, 1.807) is 0 Å². The zero-order chi connectivity index (χ0) is 16.1. The third-order valence-electron chi connectivity index (χ3n) is 5.62. The lowest BCUT2D eigenvalue weighted by Gasteiger charge is -2.33. The summed E-state index contributed by atoms with van der Waals surface area (Å²) >= 11 is 8.51. The number of nitrogens with one attached hydrogen (secondary N) is 1. The van der Waals surface area contributed by atoms with Gasteiger partial charge in [0.15, 0.2) is 0 Å². The van der Waals surface area contributed by atoms with Gasteiger partial charge in [0.1, 0.15) is 0 Å². The van der Waals surface area contributed by atoms with Crippen LogP contribution in [0, 0.1) is 0 Å². The first-order valence-electron chi connectivity index (χ1n) is 8.86. The van der Waals surface area contributed by atoms with Crippen molar-refractivity contribution in [3.63, 3.8) is 0 Å². The van der Waals surface area contributed by atoms with Crippen LogP contribution in [0.5, 0.6) is 0 Å². The van der Waals surface area contributed by atoms with Crippen molar-refractivity contribution in [3.05, 3.63) is 47.0 Å². The topological polar surface area (TPSA) is 15.3 Å². The average Bonchev–Trinajstić information content (AvgIpc) is 2.77. The summed E-state index contributed by atoms with van der Waals surface area (Å²) in [6.45, 7) is 3.45. The molecule has 3 aliphatic heterocycles. The van der Waals surface area contributed by atoms with Gasteiger partial charge in [-0.05, 0) is 54.5 Å². The fraction of sp³-hybridized carbons (Fsp3) is 0.400. The molecule has 0 saturated carbocycles. The van der Waals surface area contributed by atoms with E-state index in [2.05, 4.69) is 34.5 Å². The zero-order valence-corrected chi connectivity index (χ0v) is 15.2. The molecule has 0 radical (unpaired) electrons. The lowest BCUT2D eigenvalue weighted by atomic mass is 9.88. The number of anilines is 1. The normalized spacial score (nSPS) is 25.1. The molecule has 0 aliphatic carbocycles. The molecule has 0 spiro atoms. The predicted molar refractivity (Wildman–Crippen MR) is 104 cm³/mol. The number of hydrogen-bond acceptors (Lipinski definition) is 3. The third kappa shape index (κ3) is 2.29. The molecule has 2 atom stereocenters. The molecule has 2 nitrogen and oxygen atoms in total. The quantitative estimate of drug-likeness (QED) is 0.792. The lowest BCUT2D eigenvalue weighted by Crippen LogP contribution is -2.44. The second-order valence-corrected chi connectivity index (χ2v) is 8.50. The number of benzene rings is 2. The number of hydrogen-bond donors (Lipinski definition) is 1. The van der Waals surface area contributed by atoms with Gasteiger partial charge in [-0.15, -0.1) is 11.8 Å². The minimum absolute atomic E-state index is 0.619. The van der Waals surface area contributed by atoms with E-state index in [4.69, 9.17) is 11.6 Å². The van der Waals surface area contributed by atoms with E-state index in [-0.39, 0.29) is 0 Å². The molecule has 124 valence electrons. The first kappa shape index (κ1) is 15.1. The Hall–Kier alpha value is -1.16. The largest absolute Gasteiger partial charge is 0.367 e. The molecule has 0 bridgehead atoms. The molecular weight excluding hydrogens is 336 g/mol. The van der Waals surface area contributed by atoms with E-state index in [9.17, 15) is 0 Å². The Morgan fingerprint density at radius 3 is 3.04 bits per heavy atom. The van der Waals surface area contributed by atoms with Crippen molar-refractivity contribution in [2.24, 2.45) is 0 Å². The van der Waals surface area contributed by atoms with Gasteiger partial charge in [-0.2, -0.15) is 0 Å². The van der Waals surface area contributed by atoms with Crippen molar-refractivity contribution >= 4 is 29.1 Å². The summed E-state index contributed by atoms with van der Waals surface area (Å²) in [4.78, 5) is 4.17. The second-order valence-electron chi connectivity index (χ2n) is 6.95. The highest BCUT2D eigenvalue weighted by atomic mass is 35.5. The van der Waals surface area contributed by atoms with Crippen LogP contribution in [-0.4, -0.2) is 31.4 Å². The first-order valence-corrected chi connectivity index (χ1v) is 10.2. The molecule has 4 heteroatoms. The van der Waals surface area contributed by atoms with Gasteiger partial charge in [-0.25, -0.2) is 0 Å². The summed E-state index contributed by atoms with van der Waals surface area (Å²) in [5.41, 5.74) is 5.48. The summed E-state index contributed by atoms with van der Waals surface area (Å²) in [5.74, 6) is 1.83. The van der Waals surface area contributed by atoms with Crippen LogP contribution in [-0.2, 0) is 0 Å². The van der Waals surface area contributed by atoms with E-state index >= 15 is 0 Å². The SMILES string of the molecule is Clc1ccccc1-c1cc2c3c(c1)C1CNCCC1N3CCCS2. The van der Waals surface area contributed by atoms with Crippen LogP contribution in [0.1, 0.15) is 24.3 Å². The molecule has 24 heavy (non-hydrogen) atoms. The van der Waals surface area contributed by atoms with Gasteiger partial charge in [0.25, 0.3) is 0 Å². The van der Waals surface area contributed by atoms with E-state index in [1.165, 1.54) is 46.8 Å². The van der Waals surface area contributed by atoms with Gasteiger partial charge in [0.05, 0.1) is 5.69 Å². The summed E-state index contributed by atoms with van der Waals surface area (Å²) in [7, 11) is 0. The number of rotatable bonds is 1. The van der Waals surface area contributed by atoms with Gasteiger partial charge in [0, 0.05) is 40.5 Å². The molecule has 0 amide bonds. The molecule has 3 aliphatic rings. The highest BCUT2D eigenvalue weighted by molar-refractivity contribution is 7.99. The first-order chi connectivity index (χ1) is 11.8. The number of nitrogens with zero attached hydrogens (tertiary/aromatic N) is 1. The van der Waals surface area contributed by atoms with Crippen LogP contribution < -0.4 is 10.2 Å². The van der Waals surface area contributed by atoms with Crippen LogP contribution in [0.15, 0.2) is 41.3 Å². The maximum atomic E-state index is 6.49. The maximum Gasteiger partial charge on any atom is 0.0544 e. The number of halogens is 1. The van der Waals surface area contributed by atoms with Gasteiger partial charge in [-0.3, -0.25) is 0 Å². The van der Waals surface area contributed by atoms with Gasteiger partial charge in [0.2, 0.25) is 0 Å². The highest BCUT2D eigenvalue weighted by Crippen LogP contribution is 2.51. The van der Waals surface area contributed by atoms with Crippen molar-refractivity contribution in [3.8, 4) is 11.1 Å². The summed E-state index contributed by atoms with van der Waals surface area (Å²) < 4.78 is 0. The smallest absolute Gasteiger partial charge is 0.0544 e. The van der Waals surface area contributed by atoms with Crippen LogP contribution in [0.3, 0.4) is 0 Å². The fourth-order valence-corrected chi connectivity index (χ4v) is 5.90. The second kappa shape index (κ2) is 5.98. The summed E-state index contributed by atoms with van der Waals surface area (Å²) in [6.07, 6.45) is 2.53. The van der Waals surface area contributed by atoms with Gasteiger partial charge < -0.3 is 10.2 Å². The van der Waals surface area contributed by atoms with E-state index in [0.717, 1.165) is 23.7 Å². The van der Waals surface area contributed by atoms with Crippen LogP contribution in [0.2, 0.25) is 5.02 Å². The number of fused-ring (bicyclic) bond motifs is 3. The van der Waals surface area contributed by atoms with Crippen LogP contribution in [0.4, 0.5) is 5.69 Å². The van der Waals surface area contributed by atoms with Gasteiger partial charge in [-0.1, -0.05) is 29.8 Å². The molecule has 1 saturated heterocycles. The third-order valence-corrected chi connectivity index (χ3v) is 7.07. The van der Waals surface area contributed by atoms with Crippen molar-refractivity contribution in [2.45, 2.75) is 29.7 Å². The standard InChI is InChI=1S/C20H21ClN2S/c21-17-5-2-1-4-14(17)13-10-15-16-12-22-7-6-18(16)23-8-3-9-24-19(11-13)20(15)23/h1-2,4-5,10-11,16,18,22H,3,6-9,12H2. The molecule has 1 fully saturated rings. The highest BCUT2D eigenvalue weighted by Gasteiger charge is 2.41. The van der Waals surface area contributed by atoms with Gasteiger partial charge >= 0.3 is 0 Å². The Bertz CT molecular complexity index is 791. The molecule has 3 heterocycles. The maximum absolute atomic E-state index is 6.49. The lowest BCUT2D eigenvalue weighted by molar-refractivity contribution is 0.403. The minimum atomic E-state index is 0.619. The van der Waals surface area contributed by atoms with Crippen molar-refractivity contribution in [2.75, 3.05) is 30.3 Å². The average molecular weight is 357 g/mol.